The average molecular weight is 285 g/mol. The molecular formula is C17H23N3O. The molecule has 0 spiro atoms. The van der Waals surface area contributed by atoms with Gasteiger partial charge < -0.3 is 5.32 Å². The van der Waals surface area contributed by atoms with E-state index in [4.69, 9.17) is 0 Å². The lowest BCUT2D eigenvalue weighted by molar-refractivity contribution is 0.0926. The minimum atomic E-state index is 0.0254. The minimum Gasteiger partial charge on any atom is -0.348 e. The topological polar surface area (TPSA) is 46.4 Å². The number of pyridine rings is 1. The molecule has 1 aliphatic rings. The maximum absolute atomic E-state index is 12.7. The van der Waals surface area contributed by atoms with Crippen LogP contribution in [0.1, 0.15) is 61.6 Å². The van der Waals surface area contributed by atoms with E-state index >= 15 is 0 Å². The Morgan fingerprint density at radius 2 is 2.05 bits per heavy atom. The number of amides is 1. The van der Waals surface area contributed by atoms with Gasteiger partial charge in [-0.15, -0.1) is 0 Å². The van der Waals surface area contributed by atoms with Crippen LogP contribution in [0.3, 0.4) is 0 Å². The van der Waals surface area contributed by atoms with Gasteiger partial charge in [0.2, 0.25) is 0 Å². The standard InChI is InChI=1S/C17H23N3O/c1-2-14-16(20-12-8-7-11-15(20)19-14)17(21)18-13-9-5-3-4-6-10-13/h7-8,11-13H,2-6,9-10H2,1H3,(H,18,21). The molecule has 2 aromatic heterocycles. The van der Waals surface area contributed by atoms with Crippen LogP contribution in [0.25, 0.3) is 5.65 Å². The molecule has 0 unspecified atom stereocenters. The van der Waals surface area contributed by atoms with Crippen molar-refractivity contribution in [3.8, 4) is 0 Å². The fourth-order valence-corrected chi connectivity index (χ4v) is 3.21. The number of fused-ring (bicyclic) bond motifs is 1. The van der Waals surface area contributed by atoms with Crippen molar-refractivity contribution in [2.45, 2.75) is 57.9 Å². The van der Waals surface area contributed by atoms with Crippen molar-refractivity contribution in [1.29, 1.82) is 0 Å². The highest BCUT2D eigenvalue weighted by Gasteiger charge is 2.21. The monoisotopic (exact) mass is 285 g/mol. The Morgan fingerprint density at radius 3 is 2.76 bits per heavy atom. The fourth-order valence-electron chi connectivity index (χ4n) is 3.21. The smallest absolute Gasteiger partial charge is 0.270 e. The molecular weight excluding hydrogens is 262 g/mol. The summed E-state index contributed by atoms with van der Waals surface area (Å²) in [6.07, 6.45) is 9.92. The van der Waals surface area contributed by atoms with E-state index in [0.717, 1.165) is 30.6 Å². The van der Waals surface area contributed by atoms with Gasteiger partial charge in [-0.2, -0.15) is 0 Å². The summed E-state index contributed by atoms with van der Waals surface area (Å²) >= 11 is 0. The number of nitrogens with zero attached hydrogens (tertiary/aromatic N) is 2. The zero-order chi connectivity index (χ0) is 14.7. The van der Waals surface area contributed by atoms with E-state index in [1.165, 1.54) is 25.7 Å². The highest BCUT2D eigenvalue weighted by atomic mass is 16.2. The third kappa shape index (κ3) is 2.94. The summed E-state index contributed by atoms with van der Waals surface area (Å²) in [7, 11) is 0. The van der Waals surface area contributed by atoms with Gasteiger partial charge >= 0.3 is 0 Å². The molecule has 112 valence electrons. The summed E-state index contributed by atoms with van der Waals surface area (Å²) in [5.74, 6) is 0.0254. The zero-order valence-electron chi connectivity index (χ0n) is 12.6. The number of aryl methyl sites for hydroxylation is 1. The molecule has 0 aromatic carbocycles. The van der Waals surface area contributed by atoms with Crippen molar-refractivity contribution in [2.24, 2.45) is 0 Å². The van der Waals surface area contributed by atoms with Crippen molar-refractivity contribution >= 4 is 11.6 Å². The molecule has 1 fully saturated rings. The van der Waals surface area contributed by atoms with Gasteiger partial charge in [0, 0.05) is 12.2 Å². The largest absolute Gasteiger partial charge is 0.348 e. The summed E-state index contributed by atoms with van der Waals surface area (Å²) in [5, 5.41) is 3.23. The predicted molar refractivity (Wildman–Crippen MR) is 83.5 cm³/mol. The second kappa shape index (κ2) is 6.29. The van der Waals surface area contributed by atoms with E-state index in [1.807, 2.05) is 35.7 Å². The Balaban J connectivity index is 1.86. The Kier molecular flexibility index (Phi) is 4.23. The maximum atomic E-state index is 12.7. The van der Waals surface area contributed by atoms with E-state index in [1.54, 1.807) is 0 Å². The van der Waals surface area contributed by atoms with Crippen LogP contribution in [0, 0.1) is 0 Å². The number of nitrogens with one attached hydrogen (secondary N) is 1. The molecule has 0 atom stereocenters. The van der Waals surface area contributed by atoms with Crippen LogP contribution >= 0.6 is 0 Å². The molecule has 4 heteroatoms. The molecule has 2 aromatic rings. The van der Waals surface area contributed by atoms with Crippen LogP contribution in [-0.4, -0.2) is 21.3 Å². The molecule has 1 amide bonds. The molecule has 3 rings (SSSR count). The second-order valence-corrected chi connectivity index (χ2v) is 5.85. The Morgan fingerprint density at radius 1 is 1.29 bits per heavy atom. The van der Waals surface area contributed by atoms with Crippen LogP contribution < -0.4 is 5.32 Å². The Bertz CT molecular complexity index is 624. The van der Waals surface area contributed by atoms with Crippen LogP contribution in [0.15, 0.2) is 24.4 Å². The molecule has 21 heavy (non-hydrogen) atoms. The first-order valence-electron chi connectivity index (χ1n) is 8.06. The first-order valence-corrected chi connectivity index (χ1v) is 8.06. The average Bonchev–Trinajstić information content (AvgIpc) is 2.69. The Hall–Kier alpha value is -1.84. The summed E-state index contributed by atoms with van der Waals surface area (Å²) in [5.41, 5.74) is 2.44. The third-order valence-corrected chi connectivity index (χ3v) is 4.34. The Labute approximate surface area is 125 Å². The van der Waals surface area contributed by atoms with Gasteiger partial charge in [0.05, 0.1) is 5.69 Å². The number of imidazole rings is 1. The molecule has 1 aliphatic carbocycles. The van der Waals surface area contributed by atoms with Crippen molar-refractivity contribution < 1.29 is 4.79 Å². The molecule has 1 N–H and O–H groups in total. The molecule has 2 heterocycles. The summed E-state index contributed by atoms with van der Waals surface area (Å²) < 4.78 is 1.91. The van der Waals surface area contributed by atoms with Crippen molar-refractivity contribution in [2.75, 3.05) is 0 Å². The second-order valence-electron chi connectivity index (χ2n) is 5.85. The van der Waals surface area contributed by atoms with Gasteiger partial charge in [0.25, 0.3) is 5.91 Å². The first-order chi connectivity index (χ1) is 10.3. The number of rotatable bonds is 3. The van der Waals surface area contributed by atoms with Gasteiger partial charge in [0.15, 0.2) is 0 Å². The van der Waals surface area contributed by atoms with Crippen LogP contribution in [0.5, 0.6) is 0 Å². The maximum Gasteiger partial charge on any atom is 0.270 e. The van der Waals surface area contributed by atoms with Crippen LogP contribution in [0.4, 0.5) is 0 Å². The molecule has 0 radical (unpaired) electrons. The van der Waals surface area contributed by atoms with Crippen LogP contribution in [-0.2, 0) is 6.42 Å². The quantitative estimate of drug-likeness (QED) is 0.879. The van der Waals surface area contributed by atoms with Gasteiger partial charge in [-0.05, 0) is 31.4 Å². The molecule has 1 saturated carbocycles. The number of hydrogen-bond donors (Lipinski definition) is 1. The van der Waals surface area contributed by atoms with Crippen LogP contribution in [0.2, 0.25) is 0 Å². The number of aromatic nitrogens is 2. The normalized spacial score (nSPS) is 16.8. The van der Waals surface area contributed by atoms with E-state index in [9.17, 15) is 4.79 Å². The lowest BCUT2D eigenvalue weighted by Gasteiger charge is -2.16. The molecule has 0 aliphatic heterocycles. The molecule has 0 bridgehead atoms. The first kappa shape index (κ1) is 14.1. The molecule has 0 saturated heterocycles. The van der Waals surface area contributed by atoms with E-state index in [-0.39, 0.29) is 5.91 Å². The minimum absolute atomic E-state index is 0.0254. The summed E-state index contributed by atoms with van der Waals surface area (Å²) in [6.45, 7) is 2.05. The number of carbonyl (C=O) groups is 1. The summed E-state index contributed by atoms with van der Waals surface area (Å²) in [6, 6.07) is 6.16. The van der Waals surface area contributed by atoms with Gasteiger partial charge in [-0.25, -0.2) is 4.98 Å². The van der Waals surface area contributed by atoms with E-state index in [0.29, 0.717) is 11.7 Å². The van der Waals surface area contributed by atoms with E-state index in [2.05, 4.69) is 10.3 Å². The van der Waals surface area contributed by atoms with Crippen molar-refractivity contribution in [3.63, 3.8) is 0 Å². The predicted octanol–water partition coefficient (Wildman–Crippen LogP) is 3.35. The third-order valence-electron chi connectivity index (χ3n) is 4.34. The van der Waals surface area contributed by atoms with Crippen molar-refractivity contribution in [1.82, 2.24) is 14.7 Å². The number of carbonyl (C=O) groups excluding carboxylic acids is 1. The van der Waals surface area contributed by atoms with Gasteiger partial charge in [-0.1, -0.05) is 38.7 Å². The van der Waals surface area contributed by atoms with Crippen molar-refractivity contribution in [3.05, 3.63) is 35.8 Å². The van der Waals surface area contributed by atoms with Gasteiger partial charge in [0.1, 0.15) is 11.3 Å². The zero-order valence-corrected chi connectivity index (χ0v) is 12.6. The highest BCUT2D eigenvalue weighted by Crippen LogP contribution is 2.19. The fraction of sp³-hybridized carbons (Fsp3) is 0.529. The molecule has 4 nitrogen and oxygen atoms in total. The highest BCUT2D eigenvalue weighted by molar-refractivity contribution is 5.95. The summed E-state index contributed by atoms with van der Waals surface area (Å²) in [4.78, 5) is 17.3. The van der Waals surface area contributed by atoms with E-state index < -0.39 is 0 Å². The lowest BCUT2D eigenvalue weighted by atomic mass is 10.1. The van der Waals surface area contributed by atoms with Gasteiger partial charge in [-0.3, -0.25) is 9.20 Å². The lowest BCUT2D eigenvalue weighted by Crippen LogP contribution is -2.35. The SMILES string of the molecule is CCc1nc2ccccn2c1C(=O)NC1CCCCCC1. The number of hydrogen-bond acceptors (Lipinski definition) is 2.